The fourth-order valence-corrected chi connectivity index (χ4v) is 2.78. The average molecular weight is 330 g/mol. The number of hydrogen-bond donors (Lipinski definition) is 0. The average Bonchev–Trinajstić information content (AvgIpc) is 3.37. The zero-order valence-corrected chi connectivity index (χ0v) is 13.9. The van der Waals surface area contributed by atoms with Crippen LogP contribution in [0.4, 0.5) is 0 Å². The van der Waals surface area contributed by atoms with Gasteiger partial charge in [-0.15, -0.1) is 20.4 Å². The molecule has 0 amide bonds. The number of hydrogen-bond acceptors (Lipinski definition) is 7. The Morgan fingerprint density at radius 1 is 0.750 bits per heavy atom. The second kappa shape index (κ2) is 7.75. The Balaban J connectivity index is 1.57. The van der Waals surface area contributed by atoms with Crippen molar-refractivity contribution in [3.63, 3.8) is 0 Å². The highest BCUT2D eigenvalue weighted by Crippen LogP contribution is 2.26. The summed E-state index contributed by atoms with van der Waals surface area (Å²) < 4.78 is 5.77. The van der Waals surface area contributed by atoms with Crippen molar-refractivity contribution >= 4 is 0 Å². The molecule has 0 aliphatic carbocycles. The molecule has 3 aromatic rings. The first-order valence-corrected chi connectivity index (χ1v) is 8.16. The molecule has 0 saturated carbocycles. The lowest BCUT2D eigenvalue weighted by atomic mass is 10.0. The summed E-state index contributed by atoms with van der Waals surface area (Å²) >= 11 is 0. The van der Waals surface area contributed by atoms with Crippen molar-refractivity contribution < 1.29 is 0 Å². The van der Waals surface area contributed by atoms with Crippen LogP contribution >= 0.6 is 0 Å². The summed E-state index contributed by atoms with van der Waals surface area (Å²) in [5.74, 6) is 0. The SMILES string of the molecule is CC(CCC(CCC(C)n1cnnn1)n1ccnn1)n1cnnc1. The smallest absolute Gasteiger partial charge is 0.138 e. The van der Waals surface area contributed by atoms with E-state index in [1.807, 2.05) is 15.4 Å². The molecule has 0 bridgehead atoms. The summed E-state index contributed by atoms with van der Waals surface area (Å²) in [5, 5.41) is 27.2. The maximum Gasteiger partial charge on any atom is 0.138 e. The summed E-state index contributed by atoms with van der Waals surface area (Å²) in [7, 11) is 0. The van der Waals surface area contributed by atoms with E-state index in [1.165, 1.54) is 0 Å². The number of aromatic nitrogens is 10. The van der Waals surface area contributed by atoms with Crippen LogP contribution in [-0.2, 0) is 0 Å². The van der Waals surface area contributed by atoms with Crippen LogP contribution < -0.4 is 0 Å². The van der Waals surface area contributed by atoms with E-state index in [0.717, 1.165) is 25.7 Å². The summed E-state index contributed by atoms with van der Waals surface area (Å²) in [6.07, 6.45) is 12.8. The molecule has 0 saturated heterocycles. The Morgan fingerprint density at radius 3 is 2.12 bits per heavy atom. The van der Waals surface area contributed by atoms with E-state index in [0.29, 0.717) is 12.1 Å². The predicted octanol–water partition coefficient (Wildman–Crippen LogP) is 1.48. The molecule has 10 nitrogen and oxygen atoms in total. The van der Waals surface area contributed by atoms with Gasteiger partial charge >= 0.3 is 0 Å². The van der Waals surface area contributed by atoms with Gasteiger partial charge in [-0.3, -0.25) is 0 Å². The molecular weight excluding hydrogens is 308 g/mol. The normalized spacial score (nSPS) is 15.2. The predicted molar refractivity (Wildman–Crippen MR) is 84.8 cm³/mol. The van der Waals surface area contributed by atoms with E-state index in [1.54, 1.807) is 29.9 Å². The number of tetrazole rings is 1. The van der Waals surface area contributed by atoms with Gasteiger partial charge in [-0.1, -0.05) is 5.21 Å². The van der Waals surface area contributed by atoms with Gasteiger partial charge in [0.15, 0.2) is 0 Å². The lowest BCUT2D eigenvalue weighted by Crippen LogP contribution is -2.15. The van der Waals surface area contributed by atoms with Gasteiger partial charge in [-0.05, 0) is 50.0 Å². The fourth-order valence-electron chi connectivity index (χ4n) is 2.78. The zero-order chi connectivity index (χ0) is 16.8. The molecule has 0 aromatic carbocycles. The summed E-state index contributed by atoms with van der Waals surface area (Å²) in [4.78, 5) is 0. The molecule has 0 N–H and O–H groups in total. The standard InChI is InChI=1S/C14H22N10/c1-12(22-9-16-17-10-22)3-5-14(23-8-7-15-20-23)6-4-13(2)24-11-18-19-21-24/h7-14H,3-6H2,1-2H3. The number of rotatable bonds is 9. The molecule has 3 aromatic heterocycles. The molecular formula is C14H22N10. The molecule has 3 atom stereocenters. The second-order valence-electron chi connectivity index (χ2n) is 6.09. The van der Waals surface area contributed by atoms with Crippen LogP contribution in [0, 0.1) is 0 Å². The molecule has 3 unspecified atom stereocenters. The van der Waals surface area contributed by atoms with Crippen molar-refractivity contribution in [2.24, 2.45) is 0 Å². The third-order valence-electron chi connectivity index (χ3n) is 4.41. The molecule has 24 heavy (non-hydrogen) atoms. The molecule has 3 rings (SSSR count). The topological polar surface area (TPSA) is 105 Å². The molecule has 3 heterocycles. The van der Waals surface area contributed by atoms with Crippen molar-refractivity contribution in [2.45, 2.75) is 57.7 Å². The molecule has 128 valence electrons. The summed E-state index contributed by atoms with van der Waals surface area (Å²) in [6.45, 7) is 4.29. The van der Waals surface area contributed by atoms with Crippen molar-refractivity contribution in [3.8, 4) is 0 Å². The third-order valence-corrected chi connectivity index (χ3v) is 4.41. The Kier molecular flexibility index (Phi) is 5.24. The van der Waals surface area contributed by atoms with Gasteiger partial charge in [-0.25, -0.2) is 9.36 Å². The molecule has 10 heteroatoms. The Hall–Kier alpha value is -2.65. The van der Waals surface area contributed by atoms with E-state index in [2.05, 4.69) is 49.9 Å². The molecule has 0 spiro atoms. The van der Waals surface area contributed by atoms with Crippen LogP contribution in [0.25, 0.3) is 0 Å². The highest BCUT2D eigenvalue weighted by Gasteiger charge is 2.17. The van der Waals surface area contributed by atoms with Crippen LogP contribution in [0.5, 0.6) is 0 Å². The molecule has 0 aliphatic heterocycles. The van der Waals surface area contributed by atoms with Gasteiger partial charge in [0.2, 0.25) is 0 Å². The van der Waals surface area contributed by atoms with Crippen molar-refractivity contribution in [2.75, 3.05) is 0 Å². The minimum atomic E-state index is 0.251. The van der Waals surface area contributed by atoms with Crippen LogP contribution in [0.15, 0.2) is 31.4 Å². The van der Waals surface area contributed by atoms with Gasteiger partial charge < -0.3 is 4.57 Å². The van der Waals surface area contributed by atoms with Gasteiger partial charge in [0.25, 0.3) is 0 Å². The van der Waals surface area contributed by atoms with E-state index in [4.69, 9.17) is 0 Å². The van der Waals surface area contributed by atoms with Gasteiger partial charge in [-0.2, -0.15) is 0 Å². The largest absolute Gasteiger partial charge is 0.317 e. The van der Waals surface area contributed by atoms with Gasteiger partial charge in [0, 0.05) is 12.2 Å². The molecule has 0 radical (unpaired) electrons. The first-order chi connectivity index (χ1) is 11.7. The van der Waals surface area contributed by atoms with E-state index in [9.17, 15) is 0 Å². The van der Waals surface area contributed by atoms with Crippen LogP contribution in [0.1, 0.15) is 57.7 Å². The lowest BCUT2D eigenvalue weighted by Gasteiger charge is -2.21. The minimum absolute atomic E-state index is 0.251. The van der Waals surface area contributed by atoms with Crippen molar-refractivity contribution in [1.29, 1.82) is 0 Å². The molecule has 0 aliphatic rings. The lowest BCUT2D eigenvalue weighted by molar-refractivity contribution is 0.316. The molecule has 0 fully saturated rings. The number of nitrogens with zero attached hydrogens (tertiary/aromatic N) is 10. The van der Waals surface area contributed by atoms with E-state index in [-0.39, 0.29) is 6.04 Å². The Morgan fingerprint density at radius 2 is 1.50 bits per heavy atom. The second-order valence-corrected chi connectivity index (χ2v) is 6.09. The Bertz CT molecular complexity index is 631. The van der Waals surface area contributed by atoms with Crippen LogP contribution in [0.2, 0.25) is 0 Å². The quantitative estimate of drug-likeness (QED) is 0.585. The van der Waals surface area contributed by atoms with E-state index < -0.39 is 0 Å². The summed E-state index contributed by atoms with van der Waals surface area (Å²) in [5.41, 5.74) is 0. The monoisotopic (exact) mass is 330 g/mol. The first kappa shape index (κ1) is 16.2. The third kappa shape index (κ3) is 4.00. The maximum atomic E-state index is 4.19. The van der Waals surface area contributed by atoms with Crippen LogP contribution in [-0.4, -0.2) is 50.0 Å². The van der Waals surface area contributed by atoms with Crippen molar-refractivity contribution in [3.05, 3.63) is 31.4 Å². The van der Waals surface area contributed by atoms with Gasteiger partial charge in [0.05, 0.1) is 18.3 Å². The fraction of sp³-hybridized carbons (Fsp3) is 0.643. The van der Waals surface area contributed by atoms with Gasteiger partial charge in [0.1, 0.15) is 19.0 Å². The summed E-state index contributed by atoms with van der Waals surface area (Å²) in [6, 6.07) is 0.898. The van der Waals surface area contributed by atoms with E-state index >= 15 is 0 Å². The highest BCUT2D eigenvalue weighted by molar-refractivity contribution is 4.77. The highest BCUT2D eigenvalue weighted by atomic mass is 15.5. The van der Waals surface area contributed by atoms with Crippen molar-refractivity contribution in [1.82, 2.24) is 50.0 Å². The first-order valence-electron chi connectivity index (χ1n) is 8.16. The zero-order valence-electron chi connectivity index (χ0n) is 13.9. The maximum absolute atomic E-state index is 4.19. The Labute approximate surface area is 139 Å². The minimum Gasteiger partial charge on any atom is -0.317 e. The van der Waals surface area contributed by atoms with Crippen LogP contribution in [0.3, 0.4) is 0 Å².